The molecule has 0 saturated heterocycles. The minimum atomic E-state index is -0.731. The van der Waals surface area contributed by atoms with Crippen molar-refractivity contribution in [3.05, 3.63) is 68.3 Å². The van der Waals surface area contributed by atoms with E-state index in [1.807, 2.05) is 0 Å². The Labute approximate surface area is 123 Å². The van der Waals surface area contributed by atoms with Gasteiger partial charge in [-0.25, -0.2) is 0 Å². The van der Waals surface area contributed by atoms with Crippen molar-refractivity contribution < 1.29 is 15.0 Å². The molecule has 0 saturated carbocycles. The van der Waals surface area contributed by atoms with Gasteiger partial charge in [-0.15, -0.1) is 0 Å². The highest BCUT2D eigenvalue weighted by molar-refractivity contribution is 5.80. The number of aromatic hydroxyl groups is 1. The Balaban J connectivity index is 2.20. The van der Waals surface area contributed by atoms with E-state index in [0.29, 0.717) is 5.56 Å². The zero-order chi connectivity index (χ0) is 16.1. The van der Waals surface area contributed by atoms with Gasteiger partial charge in [0.25, 0.3) is 5.69 Å². The standard InChI is InChI=1S/C13H10N4O5/c18-11-4-1-9(2-5-11)8-14-15-12-6-3-10(16(19)20)7-13(12)17(21)22/h1-8,15,18H/b14-8+. The molecule has 22 heavy (non-hydrogen) atoms. The summed E-state index contributed by atoms with van der Waals surface area (Å²) in [6.45, 7) is 0. The molecule has 0 radical (unpaired) electrons. The molecule has 0 aliphatic heterocycles. The average Bonchev–Trinajstić information content (AvgIpc) is 2.49. The largest absolute Gasteiger partial charge is 0.508 e. The first-order valence-electron chi connectivity index (χ1n) is 5.98. The highest BCUT2D eigenvalue weighted by Gasteiger charge is 2.18. The molecule has 0 aliphatic rings. The van der Waals surface area contributed by atoms with Crippen LogP contribution in [0.15, 0.2) is 47.6 Å². The van der Waals surface area contributed by atoms with E-state index in [1.54, 1.807) is 12.1 Å². The molecule has 2 aromatic carbocycles. The number of nitrogens with one attached hydrogen (secondary N) is 1. The number of non-ortho nitro benzene ring substituents is 1. The van der Waals surface area contributed by atoms with Gasteiger partial charge in [-0.3, -0.25) is 25.7 Å². The van der Waals surface area contributed by atoms with Crippen LogP contribution in [0.25, 0.3) is 0 Å². The monoisotopic (exact) mass is 302 g/mol. The Bertz CT molecular complexity index is 743. The van der Waals surface area contributed by atoms with Gasteiger partial charge in [-0.05, 0) is 35.9 Å². The highest BCUT2D eigenvalue weighted by Crippen LogP contribution is 2.28. The van der Waals surface area contributed by atoms with Gasteiger partial charge in [-0.2, -0.15) is 5.10 Å². The second-order valence-corrected chi connectivity index (χ2v) is 4.18. The van der Waals surface area contributed by atoms with Crippen LogP contribution in [0.3, 0.4) is 0 Å². The molecular formula is C13H10N4O5. The molecular weight excluding hydrogens is 292 g/mol. The van der Waals surface area contributed by atoms with Crippen molar-refractivity contribution in [2.24, 2.45) is 5.10 Å². The lowest BCUT2D eigenvalue weighted by Gasteiger charge is -2.02. The van der Waals surface area contributed by atoms with Gasteiger partial charge in [0.2, 0.25) is 0 Å². The number of hydrazone groups is 1. The molecule has 2 rings (SSSR count). The first-order valence-corrected chi connectivity index (χ1v) is 5.98. The molecule has 0 spiro atoms. The summed E-state index contributed by atoms with van der Waals surface area (Å²) >= 11 is 0. The molecule has 2 aromatic rings. The number of nitrogens with zero attached hydrogens (tertiary/aromatic N) is 3. The molecule has 0 bridgehead atoms. The summed E-state index contributed by atoms with van der Waals surface area (Å²) in [5, 5.41) is 34.5. The average molecular weight is 302 g/mol. The van der Waals surface area contributed by atoms with Crippen molar-refractivity contribution in [3.63, 3.8) is 0 Å². The minimum Gasteiger partial charge on any atom is -0.508 e. The van der Waals surface area contributed by atoms with E-state index in [2.05, 4.69) is 10.5 Å². The van der Waals surface area contributed by atoms with Crippen molar-refractivity contribution in [1.82, 2.24) is 0 Å². The zero-order valence-corrected chi connectivity index (χ0v) is 11.0. The lowest BCUT2D eigenvalue weighted by Crippen LogP contribution is -1.98. The topological polar surface area (TPSA) is 131 Å². The van der Waals surface area contributed by atoms with Crippen molar-refractivity contribution in [2.45, 2.75) is 0 Å². The van der Waals surface area contributed by atoms with Gasteiger partial charge in [0.05, 0.1) is 22.1 Å². The van der Waals surface area contributed by atoms with Crippen LogP contribution in [-0.4, -0.2) is 21.2 Å². The molecule has 0 aromatic heterocycles. The van der Waals surface area contributed by atoms with Crippen LogP contribution >= 0.6 is 0 Å². The number of hydrogen-bond acceptors (Lipinski definition) is 7. The third-order valence-electron chi connectivity index (χ3n) is 2.68. The second-order valence-electron chi connectivity index (χ2n) is 4.18. The quantitative estimate of drug-likeness (QED) is 0.496. The van der Waals surface area contributed by atoms with Gasteiger partial charge in [0.1, 0.15) is 11.4 Å². The van der Waals surface area contributed by atoms with Crippen LogP contribution in [0.2, 0.25) is 0 Å². The maximum Gasteiger partial charge on any atom is 0.301 e. The molecule has 2 N–H and O–H groups in total. The molecule has 0 atom stereocenters. The summed E-state index contributed by atoms with van der Waals surface area (Å²) in [5.41, 5.74) is 2.34. The van der Waals surface area contributed by atoms with Gasteiger partial charge in [0, 0.05) is 6.07 Å². The first-order chi connectivity index (χ1) is 10.5. The van der Waals surface area contributed by atoms with Crippen LogP contribution in [-0.2, 0) is 0 Å². The van der Waals surface area contributed by atoms with Gasteiger partial charge in [-0.1, -0.05) is 0 Å². The van der Waals surface area contributed by atoms with E-state index in [4.69, 9.17) is 5.11 Å². The summed E-state index contributed by atoms with van der Waals surface area (Å²) < 4.78 is 0. The number of benzene rings is 2. The number of anilines is 1. The number of phenolic OH excluding ortho intramolecular Hbond substituents is 1. The molecule has 0 fully saturated rings. The van der Waals surface area contributed by atoms with E-state index in [0.717, 1.165) is 12.1 Å². The van der Waals surface area contributed by atoms with Crippen LogP contribution in [0.4, 0.5) is 17.1 Å². The number of rotatable bonds is 5. The fourth-order valence-electron chi connectivity index (χ4n) is 1.62. The maximum atomic E-state index is 10.9. The third kappa shape index (κ3) is 3.54. The lowest BCUT2D eigenvalue weighted by molar-refractivity contribution is -0.393. The molecule has 0 heterocycles. The van der Waals surface area contributed by atoms with E-state index >= 15 is 0 Å². The summed E-state index contributed by atoms with van der Waals surface area (Å²) in [7, 11) is 0. The predicted octanol–water partition coefficient (Wildman–Crippen LogP) is 2.65. The van der Waals surface area contributed by atoms with Gasteiger partial charge in [0.15, 0.2) is 0 Å². The SMILES string of the molecule is O=[N+]([O-])c1ccc(N/N=C/c2ccc(O)cc2)c([N+](=O)[O-])c1. The van der Waals surface area contributed by atoms with Crippen LogP contribution in [0, 0.1) is 20.2 Å². The van der Waals surface area contributed by atoms with Crippen LogP contribution < -0.4 is 5.43 Å². The molecule has 0 aliphatic carbocycles. The minimum absolute atomic E-state index is 0.0330. The normalized spacial score (nSPS) is 10.5. The van der Waals surface area contributed by atoms with Gasteiger partial charge < -0.3 is 5.11 Å². The van der Waals surface area contributed by atoms with Crippen molar-refractivity contribution in [1.29, 1.82) is 0 Å². The number of nitro groups is 2. The van der Waals surface area contributed by atoms with Gasteiger partial charge >= 0.3 is 5.69 Å². The fraction of sp³-hybridized carbons (Fsp3) is 0. The number of phenols is 1. The predicted molar refractivity (Wildman–Crippen MR) is 79.1 cm³/mol. The smallest absolute Gasteiger partial charge is 0.301 e. The second kappa shape index (κ2) is 6.31. The van der Waals surface area contributed by atoms with E-state index in [9.17, 15) is 20.2 Å². The highest BCUT2D eigenvalue weighted by atomic mass is 16.6. The zero-order valence-electron chi connectivity index (χ0n) is 11.0. The van der Waals surface area contributed by atoms with Crippen molar-refractivity contribution >= 4 is 23.3 Å². The Morgan fingerprint density at radius 3 is 2.32 bits per heavy atom. The first kappa shape index (κ1) is 14.9. The molecule has 9 heteroatoms. The number of hydrogen-bond donors (Lipinski definition) is 2. The Kier molecular flexibility index (Phi) is 4.27. The van der Waals surface area contributed by atoms with Crippen LogP contribution in [0.5, 0.6) is 5.75 Å². The third-order valence-corrected chi connectivity index (χ3v) is 2.68. The summed E-state index contributed by atoms with van der Waals surface area (Å²) in [5.74, 6) is 0.108. The molecule has 9 nitrogen and oxygen atoms in total. The van der Waals surface area contributed by atoms with Crippen LogP contribution in [0.1, 0.15) is 5.56 Å². The lowest BCUT2D eigenvalue weighted by atomic mass is 10.2. The summed E-state index contributed by atoms with van der Waals surface area (Å²) in [6, 6.07) is 9.36. The number of nitro benzene ring substituents is 2. The Hall–Kier alpha value is -3.49. The van der Waals surface area contributed by atoms with Crippen molar-refractivity contribution in [3.8, 4) is 5.75 Å². The molecule has 0 amide bonds. The summed E-state index contributed by atoms with van der Waals surface area (Å²) in [6.07, 6.45) is 1.39. The molecule has 0 unspecified atom stereocenters. The Morgan fingerprint density at radius 2 is 1.73 bits per heavy atom. The molecule has 112 valence electrons. The maximum absolute atomic E-state index is 10.9. The van der Waals surface area contributed by atoms with Crippen molar-refractivity contribution in [2.75, 3.05) is 5.43 Å². The fourth-order valence-corrected chi connectivity index (χ4v) is 1.62. The summed E-state index contributed by atoms with van der Waals surface area (Å²) in [4.78, 5) is 20.1. The Morgan fingerprint density at radius 1 is 1.05 bits per heavy atom. The van der Waals surface area contributed by atoms with E-state index < -0.39 is 15.5 Å². The van der Waals surface area contributed by atoms with E-state index in [-0.39, 0.29) is 17.1 Å². The van der Waals surface area contributed by atoms with E-state index in [1.165, 1.54) is 24.4 Å².